The molecule has 1 unspecified atom stereocenters. The van der Waals surface area contributed by atoms with Crippen molar-refractivity contribution in [1.82, 2.24) is 0 Å². The van der Waals surface area contributed by atoms with Crippen LogP contribution < -0.4 is 4.89 Å². The predicted octanol–water partition coefficient (Wildman–Crippen LogP) is 12.7. The van der Waals surface area contributed by atoms with Gasteiger partial charge in [-0.1, -0.05) is 150 Å². The normalized spacial score (nSPS) is 14.4. The van der Waals surface area contributed by atoms with Gasteiger partial charge in [0.15, 0.2) is 6.10 Å². The van der Waals surface area contributed by atoms with Gasteiger partial charge in [0.25, 0.3) is 7.82 Å². The molecule has 2 atom stereocenters. The van der Waals surface area contributed by atoms with Crippen molar-refractivity contribution in [2.24, 2.45) is 0 Å². The Hall–Kier alpha value is -3.07. The largest absolute Gasteiger partial charge is 0.756 e. The number of quaternary nitrogens is 1. The molecule has 0 aliphatic rings. The van der Waals surface area contributed by atoms with E-state index in [1.54, 1.807) is 0 Å². The topological polar surface area (TPSA) is 111 Å². The van der Waals surface area contributed by atoms with Crippen LogP contribution in [0.15, 0.2) is 97.2 Å². The van der Waals surface area contributed by atoms with Crippen molar-refractivity contribution in [3.05, 3.63) is 97.2 Å². The Morgan fingerprint density at radius 3 is 1.38 bits per heavy atom. The number of allylic oxidation sites excluding steroid dienone is 16. The number of phosphoric ester groups is 1. The number of rotatable bonds is 40. The molecule has 342 valence electrons. The summed E-state index contributed by atoms with van der Waals surface area (Å²) in [4.78, 5) is 37.5. The summed E-state index contributed by atoms with van der Waals surface area (Å²) in [7, 11) is 1.09. The number of hydrogen-bond acceptors (Lipinski definition) is 8. The second-order valence-corrected chi connectivity index (χ2v) is 17.5. The number of phosphoric acid groups is 1. The smallest absolute Gasteiger partial charge is 0.306 e. The lowest BCUT2D eigenvalue weighted by atomic mass is 10.1. The zero-order valence-electron chi connectivity index (χ0n) is 38.4. The lowest BCUT2D eigenvalue weighted by molar-refractivity contribution is -0.870. The van der Waals surface area contributed by atoms with Gasteiger partial charge in [0, 0.05) is 12.8 Å². The van der Waals surface area contributed by atoms with Gasteiger partial charge in [-0.05, 0) is 89.9 Å². The first-order chi connectivity index (χ1) is 29.0. The van der Waals surface area contributed by atoms with E-state index in [0.29, 0.717) is 23.9 Å². The molecule has 0 bridgehead atoms. The maximum absolute atomic E-state index is 12.7. The highest BCUT2D eigenvalue weighted by Crippen LogP contribution is 2.38. The molecular weight excluding hydrogens is 774 g/mol. The van der Waals surface area contributed by atoms with Gasteiger partial charge >= 0.3 is 11.9 Å². The summed E-state index contributed by atoms with van der Waals surface area (Å²) in [6, 6.07) is 0. The molecule has 0 spiro atoms. The summed E-state index contributed by atoms with van der Waals surface area (Å²) >= 11 is 0. The van der Waals surface area contributed by atoms with E-state index in [1.165, 1.54) is 51.4 Å². The minimum atomic E-state index is -4.66. The molecule has 60 heavy (non-hydrogen) atoms. The van der Waals surface area contributed by atoms with Crippen molar-refractivity contribution in [2.75, 3.05) is 47.5 Å². The molecule has 0 N–H and O–H groups in total. The average Bonchev–Trinajstić information content (AvgIpc) is 3.20. The van der Waals surface area contributed by atoms with Crippen LogP contribution in [-0.2, 0) is 32.7 Å². The third-order valence-electron chi connectivity index (χ3n) is 9.09. The maximum Gasteiger partial charge on any atom is 0.306 e. The number of carbonyl (C=O) groups excluding carboxylic acids is 2. The molecule has 0 amide bonds. The Morgan fingerprint density at radius 2 is 0.933 bits per heavy atom. The Bertz CT molecular complexity index is 1340. The molecule has 0 aliphatic heterocycles. The third-order valence-corrected chi connectivity index (χ3v) is 10.1. The van der Waals surface area contributed by atoms with Crippen LogP contribution in [0.3, 0.4) is 0 Å². The number of likely N-dealkylation sites (N-methyl/N-ethyl adjacent to an activating group) is 1. The fourth-order valence-corrected chi connectivity index (χ4v) is 6.19. The van der Waals surface area contributed by atoms with Crippen LogP contribution in [-0.4, -0.2) is 70.0 Å². The van der Waals surface area contributed by atoms with Crippen LogP contribution in [0.4, 0.5) is 0 Å². The Labute approximate surface area is 366 Å². The van der Waals surface area contributed by atoms with Gasteiger partial charge in [-0.2, -0.15) is 0 Å². The number of nitrogens with zero attached hydrogens (tertiary/aromatic N) is 1. The van der Waals surface area contributed by atoms with Gasteiger partial charge in [0.1, 0.15) is 19.8 Å². The molecule has 0 radical (unpaired) electrons. The SMILES string of the molecule is CCCCC/C=C\C/C=C\C/C=C\C/C=C\C/C=C\CCC(=O)O[C@H](COC(=O)CCCCCC/C=C\C/C=C\C/C=C\CCCCC)COP(=O)([O-])OCC[N+](C)(C)C. The van der Waals surface area contributed by atoms with Crippen molar-refractivity contribution < 1.29 is 42.1 Å². The molecule has 10 heteroatoms. The second kappa shape index (κ2) is 41.3. The first-order valence-corrected chi connectivity index (χ1v) is 24.4. The predicted molar refractivity (Wildman–Crippen MR) is 249 cm³/mol. The Kier molecular flexibility index (Phi) is 39.2. The highest BCUT2D eigenvalue weighted by Gasteiger charge is 2.21. The van der Waals surface area contributed by atoms with Gasteiger partial charge in [-0.15, -0.1) is 0 Å². The molecule has 0 heterocycles. The third kappa shape index (κ3) is 44.5. The fraction of sp³-hybridized carbons (Fsp3) is 0.640. The summed E-state index contributed by atoms with van der Waals surface area (Å²) in [6.45, 7) is 4.03. The number of hydrogen-bond donors (Lipinski definition) is 0. The maximum atomic E-state index is 12.7. The van der Waals surface area contributed by atoms with Gasteiger partial charge in [0.2, 0.25) is 0 Å². The number of ether oxygens (including phenoxy) is 2. The Balaban J connectivity index is 4.53. The lowest BCUT2D eigenvalue weighted by Gasteiger charge is -2.28. The van der Waals surface area contributed by atoms with E-state index in [2.05, 4.69) is 98.9 Å². The molecule has 0 fully saturated rings. The van der Waals surface area contributed by atoms with Crippen LogP contribution in [0.5, 0.6) is 0 Å². The van der Waals surface area contributed by atoms with Crippen LogP contribution in [0.25, 0.3) is 0 Å². The van der Waals surface area contributed by atoms with Crippen molar-refractivity contribution in [1.29, 1.82) is 0 Å². The molecule has 0 aromatic heterocycles. The standard InChI is InChI=1S/C50H84NO8P/c1-6-8-10-12-14-16-18-20-22-24-25-27-29-31-33-35-37-39-41-43-50(53)59-48(47-58-60(54,55)57-45-44-51(3,4)5)46-56-49(52)42-40-38-36-34-32-30-28-26-23-21-19-17-15-13-11-9-7-2/h14-17,20-23,25,27-28,30-31,33,37,39,48H,6-13,18-19,24,26,29,32,34-36,38,40-47H2,1-5H3/b16-14-,17-15-,22-20-,23-21-,27-25-,30-28-,33-31-,39-37-/t48-/m1/s1. The summed E-state index contributed by atoms with van der Waals surface area (Å²) in [5.74, 6) is -0.966. The summed E-state index contributed by atoms with van der Waals surface area (Å²) in [5, 5.41) is 0. The molecule has 0 rings (SSSR count). The van der Waals surface area contributed by atoms with Crippen molar-refractivity contribution in [3.63, 3.8) is 0 Å². The van der Waals surface area contributed by atoms with E-state index in [9.17, 15) is 19.0 Å². The van der Waals surface area contributed by atoms with Crippen LogP contribution >= 0.6 is 7.82 Å². The van der Waals surface area contributed by atoms with E-state index in [-0.39, 0.29) is 26.1 Å². The minimum absolute atomic E-state index is 0.0535. The molecule has 0 saturated carbocycles. The van der Waals surface area contributed by atoms with Crippen molar-refractivity contribution in [2.45, 2.75) is 161 Å². The quantitative estimate of drug-likeness (QED) is 0.0197. The number of esters is 2. The molecule has 0 aromatic rings. The van der Waals surface area contributed by atoms with Gasteiger partial charge in [-0.3, -0.25) is 14.2 Å². The lowest BCUT2D eigenvalue weighted by Crippen LogP contribution is -2.37. The van der Waals surface area contributed by atoms with Gasteiger partial charge < -0.3 is 27.9 Å². The molecule has 9 nitrogen and oxygen atoms in total. The summed E-state index contributed by atoms with van der Waals surface area (Å²) in [5.41, 5.74) is 0. The van der Waals surface area contributed by atoms with E-state index in [0.717, 1.165) is 64.2 Å². The Morgan fingerprint density at radius 1 is 0.517 bits per heavy atom. The fourth-order valence-electron chi connectivity index (χ4n) is 5.47. The van der Waals surface area contributed by atoms with E-state index in [1.807, 2.05) is 33.3 Å². The molecule has 0 aliphatic carbocycles. The van der Waals surface area contributed by atoms with Crippen LogP contribution in [0.1, 0.15) is 155 Å². The number of carbonyl (C=O) groups is 2. The van der Waals surface area contributed by atoms with Gasteiger partial charge in [-0.25, -0.2) is 0 Å². The second-order valence-electron chi connectivity index (χ2n) is 16.1. The zero-order valence-corrected chi connectivity index (χ0v) is 39.3. The first-order valence-electron chi connectivity index (χ1n) is 22.9. The highest BCUT2D eigenvalue weighted by molar-refractivity contribution is 7.45. The van der Waals surface area contributed by atoms with Crippen LogP contribution in [0, 0.1) is 0 Å². The van der Waals surface area contributed by atoms with Crippen LogP contribution in [0.2, 0.25) is 0 Å². The summed E-state index contributed by atoms with van der Waals surface area (Å²) < 4.78 is 33.8. The highest BCUT2D eigenvalue weighted by atomic mass is 31.2. The molecule has 0 aromatic carbocycles. The molecular formula is C50H84NO8P. The van der Waals surface area contributed by atoms with E-state index >= 15 is 0 Å². The van der Waals surface area contributed by atoms with E-state index < -0.39 is 32.5 Å². The first kappa shape index (κ1) is 56.9. The average molecular weight is 858 g/mol. The minimum Gasteiger partial charge on any atom is -0.756 e. The van der Waals surface area contributed by atoms with Crippen molar-refractivity contribution >= 4 is 19.8 Å². The van der Waals surface area contributed by atoms with Gasteiger partial charge in [0.05, 0.1) is 27.7 Å². The molecule has 0 saturated heterocycles. The monoisotopic (exact) mass is 858 g/mol. The number of unbranched alkanes of at least 4 members (excludes halogenated alkanes) is 10. The zero-order chi connectivity index (χ0) is 44.3. The van der Waals surface area contributed by atoms with Crippen molar-refractivity contribution in [3.8, 4) is 0 Å². The van der Waals surface area contributed by atoms with E-state index in [4.69, 9.17) is 18.5 Å². The summed E-state index contributed by atoms with van der Waals surface area (Å²) in [6.07, 6.45) is 54.5.